The molecule has 0 spiro atoms. The van der Waals surface area contributed by atoms with E-state index in [-0.39, 0.29) is 11.8 Å². The number of aryl methyl sites for hydroxylation is 1. The number of nitrogens with zero attached hydrogens (tertiary/aromatic N) is 5. The summed E-state index contributed by atoms with van der Waals surface area (Å²) in [6.45, 7) is 10.9. The van der Waals surface area contributed by atoms with Crippen LogP contribution in [0.4, 0.5) is 5.95 Å². The zero-order chi connectivity index (χ0) is 18.7. The maximum Gasteiger partial charge on any atom is 0.276 e. The monoisotopic (exact) mass is 359 g/mol. The second-order valence-corrected chi connectivity index (χ2v) is 6.58. The number of rotatable bonds is 5. The predicted molar refractivity (Wildman–Crippen MR) is 96.6 cm³/mol. The molecule has 0 radical (unpaired) electrons. The van der Waals surface area contributed by atoms with Gasteiger partial charge in [0.25, 0.3) is 5.91 Å². The average molecular weight is 359 g/mol. The van der Waals surface area contributed by atoms with Crippen LogP contribution in [-0.4, -0.2) is 58.5 Å². The zero-order valence-corrected chi connectivity index (χ0v) is 15.7. The number of ether oxygens (including phenoxy) is 1. The number of hydrogen-bond acceptors (Lipinski definition) is 7. The molecule has 8 heteroatoms. The van der Waals surface area contributed by atoms with E-state index in [0.717, 1.165) is 5.69 Å². The molecule has 1 fully saturated rings. The van der Waals surface area contributed by atoms with Gasteiger partial charge in [-0.05, 0) is 13.8 Å². The minimum absolute atomic E-state index is 0.0812. The maximum absolute atomic E-state index is 12.8. The van der Waals surface area contributed by atoms with Crippen molar-refractivity contribution >= 4 is 11.9 Å². The summed E-state index contributed by atoms with van der Waals surface area (Å²) < 4.78 is 10.9. The summed E-state index contributed by atoms with van der Waals surface area (Å²) in [4.78, 5) is 29.7. The predicted octanol–water partition coefficient (Wildman–Crippen LogP) is 2.26. The number of aromatic nitrogens is 3. The van der Waals surface area contributed by atoms with Gasteiger partial charge >= 0.3 is 0 Å². The molecular weight excluding hydrogens is 334 g/mol. The molecule has 1 saturated heterocycles. The second-order valence-electron chi connectivity index (χ2n) is 6.58. The number of piperazine rings is 1. The molecule has 1 amide bonds. The first kappa shape index (κ1) is 18.2. The Morgan fingerprint density at radius 2 is 2.00 bits per heavy atom. The zero-order valence-electron chi connectivity index (χ0n) is 15.7. The number of carbonyl (C=O) groups is 1. The lowest BCUT2D eigenvalue weighted by Crippen LogP contribution is -2.49. The molecule has 26 heavy (non-hydrogen) atoms. The third-order valence-corrected chi connectivity index (χ3v) is 4.28. The highest BCUT2D eigenvalue weighted by atomic mass is 16.5. The normalized spacial score (nSPS) is 14.8. The Balaban J connectivity index is 1.67. The van der Waals surface area contributed by atoms with Crippen molar-refractivity contribution in [1.82, 2.24) is 19.9 Å². The molecule has 0 bridgehead atoms. The van der Waals surface area contributed by atoms with E-state index >= 15 is 0 Å². The van der Waals surface area contributed by atoms with E-state index in [0.29, 0.717) is 56.1 Å². The van der Waals surface area contributed by atoms with Crippen LogP contribution in [0, 0.1) is 6.92 Å². The first-order chi connectivity index (χ1) is 12.5. The van der Waals surface area contributed by atoms with Crippen LogP contribution in [0.5, 0.6) is 5.88 Å². The Morgan fingerprint density at radius 1 is 1.27 bits per heavy atom. The van der Waals surface area contributed by atoms with Gasteiger partial charge in [-0.25, -0.2) is 9.97 Å². The molecular formula is C18H25N5O3. The molecule has 0 N–H and O–H groups in total. The molecule has 0 atom stereocenters. The van der Waals surface area contributed by atoms with Crippen molar-refractivity contribution in [2.75, 3.05) is 37.7 Å². The molecule has 2 aromatic rings. The molecule has 0 aromatic carbocycles. The van der Waals surface area contributed by atoms with Gasteiger partial charge in [-0.3, -0.25) is 4.79 Å². The first-order valence-electron chi connectivity index (χ1n) is 8.95. The van der Waals surface area contributed by atoms with Gasteiger partial charge in [-0.1, -0.05) is 13.8 Å². The van der Waals surface area contributed by atoms with Crippen molar-refractivity contribution in [3.63, 3.8) is 0 Å². The van der Waals surface area contributed by atoms with Gasteiger partial charge < -0.3 is 19.0 Å². The summed E-state index contributed by atoms with van der Waals surface area (Å²) in [5.41, 5.74) is 1.28. The molecule has 1 aliphatic heterocycles. The van der Waals surface area contributed by atoms with Crippen molar-refractivity contribution in [2.45, 2.75) is 33.6 Å². The van der Waals surface area contributed by atoms with Gasteiger partial charge in [0.05, 0.1) is 6.61 Å². The Labute approximate surface area is 153 Å². The molecule has 3 rings (SSSR count). The summed E-state index contributed by atoms with van der Waals surface area (Å²) in [5.74, 6) is 1.90. The average Bonchev–Trinajstić information content (AvgIpc) is 3.11. The summed E-state index contributed by atoms with van der Waals surface area (Å²) in [5, 5.41) is 0. The van der Waals surface area contributed by atoms with Crippen LogP contribution in [0.25, 0.3) is 0 Å². The van der Waals surface area contributed by atoms with Crippen LogP contribution in [0.3, 0.4) is 0 Å². The topological polar surface area (TPSA) is 84.6 Å². The van der Waals surface area contributed by atoms with Crippen molar-refractivity contribution in [2.24, 2.45) is 0 Å². The fraction of sp³-hybridized carbons (Fsp3) is 0.556. The first-order valence-corrected chi connectivity index (χ1v) is 8.95. The Bertz CT molecular complexity index is 766. The second kappa shape index (κ2) is 7.72. The summed E-state index contributed by atoms with van der Waals surface area (Å²) in [6.07, 6.45) is 1.34. The van der Waals surface area contributed by atoms with E-state index in [1.54, 1.807) is 4.90 Å². The fourth-order valence-electron chi connectivity index (χ4n) is 2.97. The maximum atomic E-state index is 12.8. The van der Waals surface area contributed by atoms with Crippen LogP contribution >= 0.6 is 0 Å². The van der Waals surface area contributed by atoms with Crippen molar-refractivity contribution in [3.05, 3.63) is 29.6 Å². The quantitative estimate of drug-likeness (QED) is 0.809. The van der Waals surface area contributed by atoms with Crippen LogP contribution in [0.2, 0.25) is 0 Å². The van der Waals surface area contributed by atoms with Crippen molar-refractivity contribution in [1.29, 1.82) is 0 Å². The molecule has 1 aliphatic rings. The van der Waals surface area contributed by atoms with Crippen LogP contribution in [0.15, 0.2) is 16.9 Å². The van der Waals surface area contributed by atoms with Gasteiger partial charge in [0.15, 0.2) is 12.1 Å². The molecule has 8 nitrogen and oxygen atoms in total. The molecule has 3 heterocycles. The molecule has 0 aliphatic carbocycles. The number of oxazole rings is 1. The van der Waals surface area contributed by atoms with E-state index in [1.807, 2.05) is 33.8 Å². The van der Waals surface area contributed by atoms with E-state index in [4.69, 9.17) is 9.15 Å². The summed E-state index contributed by atoms with van der Waals surface area (Å²) in [7, 11) is 0. The number of carbonyl (C=O) groups excluding carboxylic acids is 1. The van der Waals surface area contributed by atoms with Crippen LogP contribution in [-0.2, 0) is 0 Å². The van der Waals surface area contributed by atoms with Gasteiger partial charge in [0.1, 0.15) is 5.76 Å². The van der Waals surface area contributed by atoms with E-state index in [2.05, 4.69) is 19.9 Å². The molecule has 0 unspecified atom stereocenters. The highest BCUT2D eigenvalue weighted by molar-refractivity contribution is 5.93. The third kappa shape index (κ3) is 3.79. The largest absolute Gasteiger partial charge is 0.478 e. The van der Waals surface area contributed by atoms with Gasteiger partial charge in [-0.2, -0.15) is 4.98 Å². The smallest absolute Gasteiger partial charge is 0.276 e. The van der Waals surface area contributed by atoms with Crippen LogP contribution < -0.4 is 9.64 Å². The van der Waals surface area contributed by atoms with Gasteiger partial charge in [0.2, 0.25) is 11.8 Å². The Kier molecular flexibility index (Phi) is 5.39. The standard InChI is InChI=1S/C18H25N5O3/c1-5-25-14-10-13(4)20-18(21-14)23-8-6-22(7-9-23)17(24)15-16(12(2)3)26-11-19-15/h10-12H,5-9H2,1-4H3. The van der Waals surface area contributed by atoms with Crippen molar-refractivity contribution < 1.29 is 13.9 Å². The SMILES string of the molecule is CCOc1cc(C)nc(N2CCN(C(=O)c3ncoc3C(C)C)CC2)n1. The van der Waals surface area contributed by atoms with Gasteiger partial charge in [0, 0.05) is 43.9 Å². The lowest BCUT2D eigenvalue weighted by atomic mass is 10.1. The summed E-state index contributed by atoms with van der Waals surface area (Å²) in [6, 6.07) is 1.82. The van der Waals surface area contributed by atoms with E-state index in [9.17, 15) is 4.79 Å². The highest BCUT2D eigenvalue weighted by Crippen LogP contribution is 2.21. The summed E-state index contributed by atoms with van der Waals surface area (Å²) >= 11 is 0. The van der Waals surface area contributed by atoms with Crippen LogP contribution in [0.1, 0.15) is 48.6 Å². The number of anilines is 1. The van der Waals surface area contributed by atoms with E-state index < -0.39 is 0 Å². The lowest BCUT2D eigenvalue weighted by Gasteiger charge is -2.34. The minimum Gasteiger partial charge on any atom is -0.478 e. The Hall–Kier alpha value is -2.64. The molecule has 0 saturated carbocycles. The number of amides is 1. The van der Waals surface area contributed by atoms with E-state index in [1.165, 1.54) is 6.39 Å². The lowest BCUT2D eigenvalue weighted by molar-refractivity contribution is 0.0738. The fourth-order valence-corrected chi connectivity index (χ4v) is 2.97. The Morgan fingerprint density at radius 3 is 2.65 bits per heavy atom. The molecule has 140 valence electrons. The highest BCUT2D eigenvalue weighted by Gasteiger charge is 2.28. The number of hydrogen-bond donors (Lipinski definition) is 0. The van der Waals surface area contributed by atoms with Crippen molar-refractivity contribution in [3.8, 4) is 5.88 Å². The molecule has 2 aromatic heterocycles. The van der Waals surface area contributed by atoms with Gasteiger partial charge in [-0.15, -0.1) is 0 Å². The minimum atomic E-state index is -0.0812. The third-order valence-electron chi connectivity index (χ3n) is 4.28.